The molecule has 0 unspecified atom stereocenters. The number of ketones is 1. The minimum atomic E-state index is 0. The number of carbonyl (C=O) groups is 3. The van der Waals surface area contributed by atoms with E-state index in [9.17, 15) is 14.4 Å². The molecule has 0 aliphatic heterocycles. The summed E-state index contributed by atoms with van der Waals surface area (Å²) in [7, 11) is 0. The van der Waals surface area contributed by atoms with E-state index in [2.05, 4.69) is 24.5 Å². The summed E-state index contributed by atoms with van der Waals surface area (Å²) in [4.78, 5) is 35.7. The zero-order valence-electron chi connectivity index (χ0n) is 17.1. The molecule has 2 amide bonds. The fourth-order valence-corrected chi connectivity index (χ4v) is 3.47. The van der Waals surface area contributed by atoms with Crippen LogP contribution < -0.4 is 10.6 Å². The van der Waals surface area contributed by atoms with Gasteiger partial charge in [-0.05, 0) is 50.4 Å². The monoisotopic (exact) mass is 370 g/mol. The van der Waals surface area contributed by atoms with E-state index in [0.717, 1.165) is 32.1 Å². The number of carbonyl (C=O) groups excluding carboxylic acids is 3. The maximum atomic E-state index is 12.0. The number of amides is 2. The molecule has 0 spiro atoms. The highest BCUT2D eigenvalue weighted by atomic mass is 16.2. The van der Waals surface area contributed by atoms with Gasteiger partial charge < -0.3 is 10.6 Å². The Balaban J connectivity index is 0. The summed E-state index contributed by atoms with van der Waals surface area (Å²) in [5.41, 5.74) is 0. The SMILES string of the molecule is CC(C)CCNC(=O)CCCC(=O)NCC1CCC(C(=O)C(C)C)CC1.[HH].[HH]. The molecule has 0 radical (unpaired) electrons. The van der Waals surface area contributed by atoms with Gasteiger partial charge in [0.2, 0.25) is 11.8 Å². The maximum absolute atomic E-state index is 12.0. The van der Waals surface area contributed by atoms with Crippen LogP contribution in [-0.4, -0.2) is 30.7 Å². The van der Waals surface area contributed by atoms with Gasteiger partial charge in [-0.3, -0.25) is 14.4 Å². The van der Waals surface area contributed by atoms with E-state index < -0.39 is 0 Å². The van der Waals surface area contributed by atoms with Crippen molar-refractivity contribution < 1.29 is 17.2 Å². The molecule has 2 N–H and O–H groups in total. The van der Waals surface area contributed by atoms with Crippen molar-refractivity contribution in [2.45, 2.75) is 79.1 Å². The Morgan fingerprint density at radius 2 is 1.50 bits per heavy atom. The van der Waals surface area contributed by atoms with Gasteiger partial charge in [0.1, 0.15) is 5.78 Å². The van der Waals surface area contributed by atoms with Crippen molar-refractivity contribution in [1.82, 2.24) is 10.6 Å². The Morgan fingerprint density at radius 1 is 0.923 bits per heavy atom. The van der Waals surface area contributed by atoms with Crippen LogP contribution >= 0.6 is 0 Å². The molecule has 1 fully saturated rings. The molecule has 26 heavy (non-hydrogen) atoms. The van der Waals surface area contributed by atoms with Gasteiger partial charge in [-0.2, -0.15) is 0 Å². The first-order valence-electron chi connectivity index (χ1n) is 10.4. The van der Waals surface area contributed by atoms with Gasteiger partial charge in [0.25, 0.3) is 0 Å². The van der Waals surface area contributed by atoms with Crippen molar-refractivity contribution in [3.05, 3.63) is 0 Å². The highest BCUT2D eigenvalue weighted by molar-refractivity contribution is 5.82. The standard InChI is InChI=1S/C21H38N2O3.2H2/c1-15(2)12-13-22-19(24)6-5-7-20(25)23-14-17-8-10-18(11-9-17)21(26)16(3)4;;/h15-18H,5-14H2,1-4H3,(H,22,24)(H,23,25);2*1H. The molecule has 0 saturated heterocycles. The lowest BCUT2D eigenvalue weighted by Crippen LogP contribution is -2.33. The zero-order valence-corrected chi connectivity index (χ0v) is 17.1. The first-order chi connectivity index (χ1) is 12.3. The second-order valence-corrected chi connectivity index (χ2v) is 8.46. The summed E-state index contributed by atoms with van der Waals surface area (Å²) >= 11 is 0. The highest BCUT2D eigenvalue weighted by Gasteiger charge is 2.27. The fourth-order valence-electron chi connectivity index (χ4n) is 3.47. The van der Waals surface area contributed by atoms with Gasteiger partial charge in [0.05, 0.1) is 0 Å². The third-order valence-corrected chi connectivity index (χ3v) is 5.26. The van der Waals surface area contributed by atoms with Crippen molar-refractivity contribution in [3.63, 3.8) is 0 Å². The molecule has 5 heteroatoms. The van der Waals surface area contributed by atoms with E-state index in [4.69, 9.17) is 0 Å². The molecule has 1 rings (SSSR count). The number of Topliss-reactive ketones (excluding diaryl/α,β-unsaturated/α-hetero) is 1. The fraction of sp³-hybridized carbons (Fsp3) is 0.857. The van der Waals surface area contributed by atoms with Gasteiger partial charge in [0.15, 0.2) is 0 Å². The molecule has 0 heterocycles. The van der Waals surface area contributed by atoms with Crippen LogP contribution in [0.2, 0.25) is 0 Å². The third-order valence-electron chi connectivity index (χ3n) is 5.26. The van der Waals surface area contributed by atoms with Gasteiger partial charge in [-0.15, -0.1) is 0 Å². The van der Waals surface area contributed by atoms with E-state index in [1.165, 1.54) is 0 Å². The molecule has 154 valence electrons. The molecule has 0 bridgehead atoms. The number of hydrogen-bond donors (Lipinski definition) is 2. The van der Waals surface area contributed by atoms with Crippen molar-refractivity contribution in [1.29, 1.82) is 0 Å². The van der Waals surface area contributed by atoms with Gasteiger partial charge in [-0.1, -0.05) is 27.7 Å². The van der Waals surface area contributed by atoms with Gasteiger partial charge in [0, 0.05) is 40.6 Å². The summed E-state index contributed by atoms with van der Waals surface area (Å²) in [5, 5.41) is 5.89. The van der Waals surface area contributed by atoms with Crippen LogP contribution in [0.5, 0.6) is 0 Å². The normalized spacial score (nSPS) is 20.2. The van der Waals surface area contributed by atoms with E-state index in [1.54, 1.807) is 0 Å². The maximum Gasteiger partial charge on any atom is 0.220 e. The lowest BCUT2D eigenvalue weighted by molar-refractivity contribution is -0.127. The second kappa shape index (κ2) is 12.1. The van der Waals surface area contributed by atoms with Crippen LogP contribution in [0.4, 0.5) is 0 Å². The first kappa shape index (κ1) is 22.7. The average Bonchev–Trinajstić information content (AvgIpc) is 2.59. The summed E-state index contributed by atoms with van der Waals surface area (Å²) in [6.07, 6.45) is 6.32. The minimum Gasteiger partial charge on any atom is -0.356 e. The number of rotatable bonds is 11. The Labute approximate surface area is 162 Å². The van der Waals surface area contributed by atoms with Gasteiger partial charge in [-0.25, -0.2) is 0 Å². The Hall–Kier alpha value is -1.39. The van der Waals surface area contributed by atoms with Crippen molar-refractivity contribution in [2.75, 3.05) is 13.1 Å². The molecule has 1 aliphatic carbocycles. The largest absolute Gasteiger partial charge is 0.356 e. The predicted octanol–water partition coefficient (Wildman–Crippen LogP) is 3.96. The molecule has 1 saturated carbocycles. The topological polar surface area (TPSA) is 75.3 Å². The summed E-state index contributed by atoms with van der Waals surface area (Å²) < 4.78 is 0. The molecule has 5 nitrogen and oxygen atoms in total. The van der Waals surface area contributed by atoms with Crippen LogP contribution in [0.3, 0.4) is 0 Å². The molecular formula is C21H42N2O3. The minimum absolute atomic E-state index is 0. The summed E-state index contributed by atoms with van der Waals surface area (Å²) in [5.74, 6) is 1.86. The number of nitrogens with one attached hydrogen (secondary N) is 2. The molecule has 0 aromatic rings. The smallest absolute Gasteiger partial charge is 0.220 e. The summed E-state index contributed by atoms with van der Waals surface area (Å²) in [6.45, 7) is 9.61. The number of hydrogen-bond acceptors (Lipinski definition) is 3. The Morgan fingerprint density at radius 3 is 2.04 bits per heavy atom. The average molecular weight is 371 g/mol. The quantitative estimate of drug-likeness (QED) is 0.578. The van der Waals surface area contributed by atoms with Crippen LogP contribution in [0, 0.1) is 23.7 Å². The van der Waals surface area contributed by atoms with E-state index in [0.29, 0.717) is 50.0 Å². The molecular weight excluding hydrogens is 328 g/mol. The lowest BCUT2D eigenvalue weighted by Gasteiger charge is -2.28. The lowest BCUT2D eigenvalue weighted by atomic mass is 9.78. The third kappa shape index (κ3) is 9.35. The van der Waals surface area contributed by atoms with Crippen molar-refractivity contribution in [2.24, 2.45) is 23.7 Å². The molecule has 0 atom stereocenters. The van der Waals surface area contributed by atoms with Crippen molar-refractivity contribution in [3.8, 4) is 0 Å². The molecule has 0 aromatic carbocycles. The Kier molecular flexibility index (Phi) is 10.5. The Bertz CT molecular complexity index is 463. The molecule has 1 aliphatic rings. The summed E-state index contributed by atoms with van der Waals surface area (Å²) in [6, 6.07) is 0. The van der Waals surface area contributed by atoms with Crippen LogP contribution in [-0.2, 0) is 14.4 Å². The zero-order chi connectivity index (χ0) is 19.5. The van der Waals surface area contributed by atoms with Gasteiger partial charge >= 0.3 is 0 Å². The van der Waals surface area contributed by atoms with E-state index in [-0.39, 0.29) is 26.5 Å². The van der Waals surface area contributed by atoms with Crippen molar-refractivity contribution >= 4 is 17.6 Å². The van der Waals surface area contributed by atoms with Crippen LogP contribution in [0.1, 0.15) is 81.9 Å². The van der Waals surface area contributed by atoms with E-state index in [1.807, 2.05) is 13.8 Å². The first-order valence-corrected chi connectivity index (χ1v) is 10.4. The predicted molar refractivity (Wildman–Crippen MR) is 109 cm³/mol. The molecule has 0 aromatic heterocycles. The highest BCUT2D eigenvalue weighted by Crippen LogP contribution is 2.30. The van der Waals surface area contributed by atoms with E-state index >= 15 is 0 Å². The second-order valence-electron chi connectivity index (χ2n) is 8.46. The van der Waals surface area contributed by atoms with Crippen LogP contribution in [0.25, 0.3) is 0 Å². The van der Waals surface area contributed by atoms with Crippen LogP contribution in [0.15, 0.2) is 0 Å².